The van der Waals surface area contributed by atoms with Gasteiger partial charge in [0.2, 0.25) is 11.8 Å². The molecule has 170 valence electrons. The van der Waals surface area contributed by atoms with E-state index < -0.39 is 48.3 Å². The SMILES string of the molecule is CC(C(=O)NCC(F)(F)C(F)(F)F)C(=O)N[C@@H]1C(=O)Nc2ccccc2-c2ccccc21. The van der Waals surface area contributed by atoms with Gasteiger partial charge in [0, 0.05) is 11.3 Å². The van der Waals surface area contributed by atoms with Crippen LogP contribution in [0.3, 0.4) is 0 Å². The van der Waals surface area contributed by atoms with E-state index in [2.05, 4.69) is 10.6 Å². The summed E-state index contributed by atoms with van der Waals surface area (Å²) in [4.78, 5) is 37.3. The van der Waals surface area contributed by atoms with Gasteiger partial charge in [-0.25, -0.2) is 0 Å². The Bertz CT molecular complexity index is 1050. The Balaban J connectivity index is 1.77. The molecule has 2 atom stereocenters. The number of fused-ring (bicyclic) bond motifs is 3. The van der Waals surface area contributed by atoms with E-state index in [9.17, 15) is 36.3 Å². The van der Waals surface area contributed by atoms with Gasteiger partial charge in [-0.2, -0.15) is 22.0 Å². The average molecular weight is 455 g/mol. The minimum atomic E-state index is -5.84. The summed E-state index contributed by atoms with van der Waals surface area (Å²) in [5, 5.41) is 6.50. The van der Waals surface area contributed by atoms with E-state index in [1.54, 1.807) is 48.5 Å². The van der Waals surface area contributed by atoms with Gasteiger partial charge in [0.1, 0.15) is 12.0 Å². The zero-order valence-electron chi connectivity index (χ0n) is 16.6. The molecule has 0 fully saturated rings. The highest BCUT2D eigenvalue weighted by Crippen LogP contribution is 2.37. The maximum absolute atomic E-state index is 13.0. The molecule has 3 N–H and O–H groups in total. The van der Waals surface area contributed by atoms with Gasteiger partial charge in [-0.1, -0.05) is 42.5 Å². The van der Waals surface area contributed by atoms with Crippen molar-refractivity contribution >= 4 is 23.4 Å². The van der Waals surface area contributed by atoms with Crippen LogP contribution in [0.15, 0.2) is 48.5 Å². The van der Waals surface area contributed by atoms with Crippen LogP contribution in [-0.2, 0) is 14.4 Å². The summed E-state index contributed by atoms with van der Waals surface area (Å²) < 4.78 is 62.8. The van der Waals surface area contributed by atoms with Crippen LogP contribution in [0.25, 0.3) is 11.1 Å². The highest BCUT2D eigenvalue weighted by atomic mass is 19.4. The lowest BCUT2D eigenvalue weighted by molar-refractivity contribution is -0.278. The topological polar surface area (TPSA) is 87.3 Å². The van der Waals surface area contributed by atoms with Crippen molar-refractivity contribution in [3.63, 3.8) is 0 Å². The maximum atomic E-state index is 13.0. The van der Waals surface area contributed by atoms with Crippen molar-refractivity contribution in [3.05, 3.63) is 54.1 Å². The van der Waals surface area contributed by atoms with Gasteiger partial charge in [0.25, 0.3) is 5.91 Å². The number of para-hydroxylation sites is 1. The number of amides is 3. The van der Waals surface area contributed by atoms with Gasteiger partial charge < -0.3 is 16.0 Å². The molecule has 3 rings (SSSR count). The Morgan fingerprint density at radius 3 is 2.22 bits per heavy atom. The molecule has 6 nitrogen and oxygen atoms in total. The average Bonchev–Trinajstić information content (AvgIpc) is 2.85. The summed E-state index contributed by atoms with van der Waals surface area (Å²) in [5.74, 6) is -9.74. The molecule has 2 aromatic rings. The first-order chi connectivity index (χ1) is 14.9. The second kappa shape index (κ2) is 8.56. The first-order valence-electron chi connectivity index (χ1n) is 9.44. The van der Waals surface area contributed by atoms with Gasteiger partial charge in [-0.05, 0) is 24.1 Å². The second-order valence-electron chi connectivity index (χ2n) is 7.21. The smallest absolute Gasteiger partial charge is 0.349 e. The molecule has 0 aliphatic carbocycles. The molecule has 1 unspecified atom stereocenters. The van der Waals surface area contributed by atoms with Gasteiger partial charge in [-0.3, -0.25) is 14.4 Å². The Hall–Kier alpha value is -3.50. The summed E-state index contributed by atoms with van der Waals surface area (Å²) in [7, 11) is 0. The van der Waals surface area contributed by atoms with Crippen LogP contribution in [0.1, 0.15) is 18.5 Å². The third kappa shape index (κ3) is 4.56. The second-order valence-corrected chi connectivity index (χ2v) is 7.21. The van der Waals surface area contributed by atoms with Crippen molar-refractivity contribution in [3.8, 4) is 11.1 Å². The Morgan fingerprint density at radius 2 is 1.56 bits per heavy atom. The van der Waals surface area contributed by atoms with E-state index in [1.807, 2.05) is 0 Å². The number of carbonyl (C=O) groups excluding carboxylic acids is 3. The molecule has 3 amide bonds. The van der Waals surface area contributed by atoms with Crippen LogP contribution < -0.4 is 16.0 Å². The quantitative estimate of drug-likeness (QED) is 0.477. The van der Waals surface area contributed by atoms with Crippen molar-refractivity contribution in [2.75, 3.05) is 11.9 Å². The highest BCUT2D eigenvalue weighted by molar-refractivity contribution is 6.06. The number of halogens is 5. The van der Waals surface area contributed by atoms with Gasteiger partial charge >= 0.3 is 12.1 Å². The van der Waals surface area contributed by atoms with Crippen molar-refractivity contribution in [2.24, 2.45) is 5.92 Å². The van der Waals surface area contributed by atoms with Crippen LogP contribution in [0.2, 0.25) is 0 Å². The molecule has 1 heterocycles. The molecule has 32 heavy (non-hydrogen) atoms. The van der Waals surface area contributed by atoms with E-state index in [-0.39, 0.29) is 0 Å². The van der Waals surface area contributed by atoms with E-state index in [0.29, 0.717) is 22.4 Å². The lowest BCUT2D eigenvalue weighted by Crippen LogP contribution is -2.50. The maximum Gasteiger partial charge on any atom is 0.455 e. The molecule has 0 saturated carbocycles. The van der Waals surface area contributed by atoms with Crippen molar-refractivity contribution in [1.29, 1.82) is 0 Å². The largest absolute Gasteiger partial charge is 0.455 e. The number of hydrogen-bond donors (Lipinski definition) is 3. The molecule has 1 aliphatic heterocycles. The number of rotatable bonds is 5. The Labute approximate surface area is 179 Å². The number of carbonyl (C=O) groups is 3. The van der Waals surface area contributed by atoms with Gasteiger partial charge in [0.05, 0.1) is 6.54 Å². The molecule has 0 bridgehead atoms. The zero-order chi connectivity index (χ0) is 23.7. The van der Waals surface area contributed by atoms with Crippen molar-refractivity contribution in [1.82, 2.24) is 10.6 Å². The number of nitrogens with one attached hydrogen (secondary N) is 3. The summed E-state index contributed by atoms with van der Waals surface area (Å²) in [6.45, 7) is -0.972. The van der Waals surface area contributed by atoms with E-state index in [1.165, 1.54) is 5.32 Å². The van der Waals surface area contributed by atoms with Crippen LogP contribution in [0.5, 0.6) is 0 Å². The predicted octanol–water partition coefficient (Wildman–Crippen LogP) is 3.41. The van der Waals surface area contributed by atoms with Crippen LogP contribution in [-0.4, -0.2) is 36.4 Å². The van der Waals surface area contributed by atoms with E-state index in [0.717, 1.165) is 6.92 Å². The molecule has 11 heteroatoms. The highest BCUT2D eigenvalue weighted by Gasteiger charge is 2.57. The lowest BCUT2D eigenvalue weighted by atomic mass is 9.95. The first kappa shape index (κ1) is 23.2. The summed E-state index contributed by atoms with van der Waals surface area (Å²) in [5.41, 5.74) is 2.28. The fourth-order valence-electron chi connectivity index (χ4n) is 3.15. The van der Waals surface area contributed by atoms with Gasteiger partial charge in [-0.15, -0.1) is 0 Å². The predicted molar refractivity (Wildman–Crippen MR) is 105 cm³/mol. The number of hydrogen-bond acceptors (Lipinski definition) is 3. The molecule has 2 aromatic carbocycles. The minimum Gasteiger partial charge on any atom is -0.349 e. The van der Waals surface area contributed by atoms with Crippen LogP contribution in [0.4, 0.5) is 27.6 Å². The minimum absolute atomic E-state index is 0.430. The molecular formula is C21H18F5N3O3. The molecule has 1 aliphatic rings. The molecule has 0 radical (unpaired) electrons. The van der Waals surface area contributed by atoms with Crippen LogP contribution in [0, 0.1) is 5.92 Å². The fraction of sp³-hybridized carbons (Fsp3) is 0.286. The van der Waals surface area contributed by atoms with Crippen molar-refractivity contribution < 1.29 is 36.3 Å². The summed E-state index contributed by atoms with van der Waals surface area (Å²) in [6.07, 6.45) is -5.84. The first-order valence-corrected chi connectivity index (χ1v) is 9.44. The van der Waals surface area contributed by atoms with Crippen LogP contribution >= 0.6 is 0 Å². The third-order valence-electron chi connectivity index (χ3n) is 4.98. The molecule has 0 saturated heterocycles. The fourth-order valence-corrected chi connectivity index (χ4v) is 3.15. The third-order valence-corrected chi connectivity index (χ3v) is 4.98. The van der Waals surface area contributed by atoms with E-state index >= 15 is 0 Å². The number of alkyl halides is 5. The normalized spacial score (nSPS) is 16.7. The number of anilines is 1. The number of benzene rings is 2. The Kier molecular flexibility index (Phi) is 6.20. The summed E-state index contributed by atoms with van der Waals surface area (Å²) >= 11 is 0. The monoisotopic (exact) mass is 455 g/mol. The Morgan fingerprint density at radius 1 is 0.969 bits per heavy atom. The zero-order valence-corrected chi connectivity index (χ0v) is 16.6. The lowest BCUT2D eigenvalue weighted by Gasteiger charge is -2.22. The van der Waals surface area contributed by atoms with E-state index in [4.69, 9.17) is 0 Å². The van der Waals surface area contributed by atoms with Gasteiger partial charge in [0.15, 0.2) is 0 Å². The molecule has 0 aromatic heterocycles. The molecule has 0 spiro atoms. The standard InChI is InChI=1S/C21H18F5N3O3/c1-11(17(30)27-10-20(22,23)21(24,25)26)18(31)29-16-14-8-3-2-6-12(14)13-7-4-5-9-15(13)28-19(16)32/h2-9,11,16H,10H2,1H3,(H,27,30)(H,28,32)(H,29,31)/t11?,16-/m0/s1. The van der Waals surface area contributed by atoms with Crippen molar-refractivity contribution in [2.45, 2.75) is 25.1 Å². The molecular weight excluding hydrogens is 437 g/mol. The summed E-state index contributed by atoms with van der Waals surface area (Å²) in [6, 6.07) is 12.4.